The summed E-state index contributed by atoms with van der Waals surface area (Å²) in [4.78, 5) is 15.7. The number of nitrogens with two attached hydrogens (primary N) is 1. The molecule has 1 aromatic heterocycles. The predicted octanol–water partition coefficient (Wildman–Crippen LogP) is 0.972. The molecule has 0 fully saturated rings. The standard InChI is InChI=1S/C10H17N3O2/c1-4-15-10(14)9-8(5-7(2)3)12-6-13(9)11/h6-7H,4-5,11H2,1-3H3. The summed E-state index contributed by atoms with van der Waals surface area (Å²) in [7, 11) is 0. The fourth-order valence-corrected chi connectivity index (χ4v) is 1.36. The van der Waals surface area contributed by atoms with Gasteiger partial charge in [0.25, 0.3) is 0 Å². The normalized spacial score (nSPS) is 10.7. The molecule has 0 atom stereocenters. The smallest absolute Gasteiger partial charge is 0.358 e. The topological polar surface area (TPSA) is 70.1 Å². The molecule has 5 heteroatoms. The van der Waals surface area contributed by atoms with E-state index in [0.29, 0.717) is 23.9 Å². The minimum atomic E-state index is -0.409. The molecule has 5 nitrogen and oxygen atoms in total. The molecule has 0 aliphatic rings. The predicted molar refractivity (Wildman–Crippen MR) is 56.9 cm³/mol. The van der Waals surface area contributed by atoms with Crippen molar-refractivity contribution in [2.45, 2.75) is 27.2 Å². The van der Waals surface area contributed by atoms with Crippen molar-refractivity contribution in [1.82, 2.24) is 9.66 Å². The van der Waals surface area contributed by atoms with Gasteiger partial charge in [-0.05, 0) is 19.3 Å². The van der Waals surface area contributed by atoms with Gasteiger partial charge < -0.3 is 10.6 Å². The van der Waals surface area contributed by atoms with Gasteiger partial charge >= 0.3 is 5.97 Å². The van der Waals surface area contributed by atoms with Crippen LogP contribution >= 0.6 is 0 Å². The molecule has 0 unspecified atom stereocenters. The molecule has 1 aromatic rings. The summed E-state index contributed by atoms with van der Waals surface area (Å²) in [5.41, 5.74) is 1.05. The zero-order chi connectivity index (χ0) is 11.4. The first-order valence-electron chi connectivity index (χ1n) is 5.04. The fraction of sp³-hybridized carbons (Fsp3) is 0.600. The minimum Gasteiger partial charge on any atom is -0.461 e. The highest BCUT2D eigenvalue weighted by molar-refractivity contribution is 5.88. The van der Waals surface area contributed by atoms with Crippen LogP contribution < -0.4 is 5.84 Å². The van der Waals surface area contributed by atoms with E-state index in [1.807, 2.05) is 0 Å². The maximum absolute atomic E-state index is 11.6. The van der Waals surface area contributed by atoms with E-state index in [-0.39, 0.29) is 0 Å². The Labute approximate surface area is 89.2 Å². The number of nitrogen functional groups attached to an aromatic ring is 1. The summed E-state index contributed by atoms with van der Waals surface area (Å²) in [6, 6.07) is 0. The largest absolute Gasteiger partial charge is 0.461 e. The van der Waals surface area contributed by atoms with E-state index in [9.17, 15) is 4.79 Å². The Morgan fingerprint density at radius 1 is 1.67 bits per heavy atom. The zero-order valence-corrected chi connectivity index (χ0v) is 9.36. The number of hydrogen-bond acceptors (Lipinski definition) is 4. The maximum atomic E-state index is 11.6. The van der Waals surface area contributed by atoms with Gasteiger partial charge in [-0.2, -0.15) is 0 Å². The molecule has 0 bridgehead atoms. The van der Waals surface area contributed by atoms with Gasteiger partial charge in [0.1, 0.15) is 6.33 Å². The average Bonchev–Trinajstić information content (AvgIpc) is 2.46. The number of aromatic nitrogens is 2. The van der Waals surface area contributed by atoms with Crippen LogP contribution in [0.25, 0.3) is 0 Å². The van der Waals surface area contributed by atoms with E-state index < -0.39 is 5.97 Å². The van der Waals surface area contributed by atoms with Gasteiger partial charge in [0.15, 0.2) is 5.69 Å². The molecular weight excluding hydrogens is 194 g/mol. The number of imidazole rings is 1. The average molecular weight is 211 g/mol. The van der Waals surface area contributed by atoms with E-state index >= 15 is 0 Å². The quantitative estimate of drug-likeness (QED) is 0.595. The second kappa shape index (κ2) is 4.82. The zero-order valence-electron chi connectivity index (χ0n) is 9.36. The fourth-order valence-electron chi connectivity index (χ4n) is 1.36. The molecule has 1 heterocycles. The summed E-state index contributed by atoms with van der Waals surface area (Å²) >= 11 is 0. The second-order valence-electron chi connectivity index (χ2n) is 3.77. The number of ether oxygens (including phenoxy) is 1. The molecule has 0 radical (unpaired) electrons. The van der Waals surface area contributed by atoms with Gasteiger partial charge in [0.2, 0.25) is 0 Å². The lowest BCUT2D eigenvalue weighted by Crippen LogP contribution is -2.19. The molecule has 0 saturated heterocycles. The summed E-state index contributed by atoms with van der Waals surface area (Å²) in [5.74, 6) is 5.62. The third kappa shape index (κ3) is 2.71. The Morgan fingerprint density at radius 2 is 2.33 bits per heavy atom. The molecule has 0 aliphatic heterocycles. The first-order valence-corrected chi connectivity index (χ1v) is 5.04. The number of carbonyl (C=O) groups excluding carboxylic acids is 1. The van der Waals surface area contributed by atoms with Crippen LogP contribution in [0.1, 0.15) is 37.0 Å². The number of carbonyl (C=O) groups is 1. The Hall–Kier alpha value is -1.52. The highest BCUT2D eigenvalue weighted by atomic mass is 16.5. The monoisotopic (exact) mass is 211 g/mol. The lowest BCUT2D eigenvalue weighted by atomic mass is 10.1. The third-order valence-corrected chi connectivity index (χ3v) is 1.94. The van der Waals surface area contributed by atoms with Crippen LogP contribution in [0, 0.1) is 5.92 Å². The number of rotatable bonds is 4. The highest BCUT2D eigenvalue weighted by Crippen LogP contribution is 2.12. The van der Waals surface area contributed by atoms with Gasteiger partial charge in [-0.3, -0.25) is 0 Å². The van der Waals surface area contributed by atoms with Crippen LogP contribution in [0.5, 0.6) is 0 Å². The minimum absolute atomic E-state index is 0.338. The van der Waals surface area contributed by atoms with Crippen molar-refractivity contribution in [3.05, 3.63) is 17.7 Å². The SMILES string of the molecule is CCOC(=O)c1c(CC(C)C)ncn1N. The number of hydrogen-bond donors (Lipinski definition) is 1. The Balaban J connectivity index is 2.93. The molecule has 2 N–H and O–H groups in total. The first kappa shape index (κ1) is 11.6. The maximum Gasteiger partial charge on any atom is 0.358 e. The van der Waals surface area contributed by atoms with Gasteiger partial charge in [-0.25, -0.2) is 14.5 Å². The van der Waals surface area contributed by atoms with E-state index in [1.165, 1.54) is 11.0 Å². The Kier molecular flexibility index (Phi) is 3.71. The van der Waals surface area contributed by atoms with Gasteiger partial charge in [0, 0.05) is 0 Å². The van der Waals surface area contributed by atoms with Crippen LogP contribution in [0.4, 0.5) is 0 Å². The van der Waals surface area contributed by atoms with Crippen molar-refractivity contribution in [1.29, 1.82) is 0 Å². The van der Waals surface area contributed by atoms with Crippen LogP contribution in [0.2, 0.25) is 0 Å². The Bertz CT molecular complexity index is 344. The molecular formula is C10H17N3O2. The summed E-state index contributed by atoms with van der Waals surface area (Å²) in [6.07, 6.45) is 2.16. The first-order chi connectivity index (χ1) is 7.06. The van der Waals surface area contributed by atoms with Crippen LogP contribution in [-0.4, -0.2) is 22.2 Å². The van der Waals surface area contributed by atoms with Crippen molar-refractivity contribution in [3.63, 3.8) is 0 Å². The van der Waals surface area contributed by atoms with E-state index in [1.54, 1.807) is 6.92 Å². The van der Waals surface area contributed by atoms with Crippen LogP contribution in [0.15, 0.2) is 6.33 Å². The lowest BCUT2D eigenvalue weighted by molar-refractivity contribution is 0.0514. The van der Waals surface area contributed by atoms with E-state index in [0.717, 1.165) is 6.42 Å². The summed E-state index contributed by atoms with van der Waals surface area (Å²) in [5, 5.41) is 0. The van der Waals surface area contributed by atoms with Crippen molar-refractivity contribution < 1.29 is 9.53 Å². The number of nitrogens with zero attached hydrogens (tertiary/aromatic N) is 2. The number of esters is 1. The lowest BCUT2D eigenvalue weighted by Gasteiger charge is -2.06. The Morgan fingerprint density at radius 3 is 2.87 bits per heavy atom. The second-order valence-corrected chi connectivity index (χ2v) is 3.77. The third-order valence-electron chi connectivity index (χ3n) is 1.94. The van der Waals surface area contributed by atoms with Crippen LogP contribution in [0.3, 0.4) is 0 Å². The molecule has 0 saturated carbocycles. The van der Waals surface area contributed by atoms with Crippen molar-refractivity contribution in [3.8, 4) is 0 Å². The van der Waals surface area contributed by atoms with E-state index in [2.05, 4.69) is 18.8 Å². The summed E-state index contributed by atoms with van der Waals surface area (Å²) < 4.78 is 6.13. The van der Waals surface area contributed by atoms with Gasteiger partial charge in [-0.15, -0.1) is 0 Å². The molecule has 0 spiro atoms. The summed E-state index contributed by atoms with van der Waals surface area (Å²) in [6.45, 7) is 6.22. The van der Waals surface area contributed by atoms with Crippen molar-refractivity contribution in [2.24, 2.45) is 5.92 Å². The van der Waals surface area contributed by atoms with Crippen molar-refractivity contribution >= 4 is 5.97 Å². The van der Waals surface area contributed by atoms with Crippen LogP contribution in [-0.2, 0) is 11.2 Å². The van der Waals surface area contributed by atoms with E-state index in [4.69, 9.17) is 10.6 Å². The van der Waals surface area contributed by atoms with Gasteiger partial charge in [0.05, 0.1) is 12.3 Å². The molecule has 0 aromatic carbocycles. The molecule has 84 valence electrons. The molecule has 0 aliphatic carbocycles. The van der Waals surface area contributed by atoms with Gasteiger partial charge in [-0.1, -0.05) is 13.8 Å². The highest BCUT2D eigenvalue weighted by Gasteiger charge is 2.19. The molecule has 0 amide bonds. The molecule has 1 rings (SSSR count). The molecule has 15 heavy (non-hydrogen) atoms. The van der Waals surface area contributed by atoms with Crippen molar-refractivity contribution in [2.75, 3.05) is 12.4 Å².